The van der Waals surface area contributed by atoms with Crippen molar-refractivity contribution in [2.24, 2.45) is 11.3 Å². The van der Waals surface area contributed by atoms with Gasteiger partial charge in [-0.3, -0.25) is 9.69 Å². The van der Waals surface area contributed by atoms with E-state index in [0.29, 0.717) is 17.1 Å². The number of likely N-dealkylation sites (tertiary alicyclic amines) is 1. The van der Waals surface area contributed by atoms with Crippen LogP contribution in [0.3, 0.4) is 0 Å². The Bertz CT molecular complexity index is 253. The molecule has 2 saturated carbocycles. The Morgan fingerprint density at radius 1 is 1.29 bits per heavy atom. The van der Waals surface area contributed by atoms with E-state index in [0.717, 1.165) is 19.4 Å². The molecule has 3 fully saturated rings. The van der Waals surface area contributed by atoms with Gasteiger partial charge in [-0.2, -0.15) is 0 Å². The molecular weight excluding hydrogens is 174 g/mol. The van der Waals surface area contributed by atoms with Crippen LogP contribution in [-0.4, -0.2) is 30.3 Å². The summed E-state index contributed by atoms with van der Waals surface area (Å²) in [5, 5.41) is 0. The van der Waals surface area contributed by atoms with Crippen molar-refractivity contribution in [3.63, 3.8) is 0 Å². The second kappa shape index (κ2) is 3.06. The molecule has 0 radical (unpaired) electrons. The molecule has 1 heterocycles. The zero-order chi connectivity index (χ0) is 9.60. The van der Waals surface area contributed by atoms with Crippen molar-refractivity contribution in [1.82, 2.24) is 4.90 Å². The summed E-state index contributed by atoms with van der Waals surface area (Å²) in [4.78, 5) is 14.0. The molecule has 1 saturated heterocycles. The van der Waals surface area contributed by atoms with Gasteiger partial charge in [0.05, 0.1) is 6.54 Å². The lowest BCUT2D eigenvalue weighted by Crippen LogP contribution is -2.35. The van der Waals surface area contributed by atoms with Gasteiger partial charge in [-0.15, -0.1) is 0 Å². The zero-order valence-corrected chi connectivity index (χ0v) is 8.80. The molecule has 2 heteroatoms. The third-order valence-electron chi connectivity index (χ3n) is 4.34. The Balaban J connectivity index is 1.52. The van der Waals surface area contributed by atoms with Crippen molar-refractivity contribution in [2.45, 2.75) is 38.5 Å². The number of ketones is 1. The Morgan fingerprint density at radius 2 is 2.07 bits per heavy atom. The average Bonchev–Trinajstić information content (AvgIpc) is 2.86. The smallest absolute Gasteiger partial charge is 0.149 e. The molecule has 1 aliphatic heterocycles. The highest BCUT2D eigenvalue weighted by molar-refractivity contribution is 5.85. The molecule has 1 spiro atoms. The van der Waals surface area contributed by atoms with Gasteiger partial charge in [0.1, 0.15) is 5.78 Å². The van der Waals surface area contributed by atoms with Crippen LogP contribution in [0, 0.1) is 11.3 Å². The summed E-state index contributed by atoms with van der Waals surface area (Å²) in [7, 11) is 0. The minimum atomic E-state index is 0.452. The SMILES string of the molecule is O=C(CN1CCC2(CCC2)C1)C1CC1. The van der Waals surface area contributed by atoms with E-state index < -0.39 is 0 Å². The third-order valence-corrected chi connectivity index (χ3v) is 4.34. The fraction of sp³-hybridized carbons (Fsp3) is 0.917. The summed E-state index contributed by atoms with van der Waals surface area (Å²) in [6, 6.07) is 0. The van der Waals surface area contributed by atoms with E-state index >= 15 is 0 Å². The van der Waals surface area contributed by atoms with Crippen LogP contribution in [0.5, 0.6) is 0 Å². The molecule has 0 N–H and O–H groups in total. The molecule has 0 amide bonds. The first-order valence-corrected chi connectivity index (χ1v) is 6.03. The maximum Gasteiger partial charge on any atom is 0.149 e. The molecule has 3 aliphatic rings. The van der Waals surface area contributed by atoms with Crippen LogP contribution in [-0.2, 0) is 4.79 Å². The van der Waals surface area contributed by atoms with Crippen molar-refractivity contribution in [3.8, 4) is 0 Å². The molecule has 0 aromatic carbocycles. The van der Waals surface area contributed by atoms with E-state index in [1.54, 1.807) is 0 Å². The lowest BCUT2D eigenvalue weighted by Gasteiger charge is -2.38. The second-order valence-electron chi connectivity index (χ2n) is 5.55. The first-order valence-electron chi connectivity index (χ1n) is 6.03. The fourth-order valence-electron chi connectivity index (χ4n) is 3.00. The molecule has 2 nitrogen and oxygen atoms in total. The predicted molar refractivity (Wildman–Crippen MR) is 55.1 cm³/mol. The van der Waals surface area contributed by atoms with Gasteiger partial charge >= 0.3 is 0 Å². The highest BCUT2D eigenvalue weighted by atomic mass is 16.1. The Kier molecular flexibility index (Phi) is 1.94. The molecular formula is C12H19NO. The first kappa shape index (κ1) is 8.90. The molecule has 0 bridgehead atoms. The van der Waals surface area contributed by atoms with Crippen LogP contribution >= 0.6 is 0 Å². The Labute approximate surface area is 85.7 Å². The van der Waals surface area contributed by atoms with Gasteiger partial charge in [0.25, 0.3) is 0 Å². The molecule has 78 valence electrons. The maximum atomic E-state index is 11.6. The van der Waals surface area contributed by atoms with Crippen LogP contribution in [0.15, 0.2) is 0 Å². The average molecular weight is 193 g/mol. The molecule has 0 unspecified atom stereocenters. The van der Waals surface area contributed by atoms with Crippen molar-refractivity contribution in [1.29, 1.82) is 0 Å². The highest BCUT2D eigenvalue weighted by Crippen LogP contribution is 2.48. The molecule has 0 aromatic heterocycles. The quantitative estimate of drug-likeness (QED) is 0.681. The van der Waals surface area contributed by atoms with Gasteiger partial charge in [0.15, 0.2) is 0 Å². The summed E-state index contributed by atoms with van der Waals surface area (Å²) in [6.07, 6.45) is 7.94. The number of hydrogen-bond donors (Lipinski definition) is 0. The Hall–Kier alpha value is -0.370. The number of hydrogen-bond acceptors (Lipinski definition) is 2. The lowest BCUT2D eigenvalue weighted by atomic mass is 9.68. The highest BCUT2D eigenvalue weighted by Gasteiger charge is 2.43. The molecule has 0 aromatic rings. The number of nitrogens with zero attached hydrogens (tertiary/aromatic N) is 1. The minimum absolute atomic E-state index is 0.452. The number of carbonyl (C=O) groups is 1. The second-order valence-corrected chi connectivity index (χ2v) is 5.55. The third kappa shape index (κ3) is 1.50. The van der Waals surface area contributed by atoms with Crippen LogP contribution in [0.4, 0.5) is 0 Å². The summed E-state index contributed by atoms with van der Waals surface area (Å²) >= 11 is 0. The fourth-order valence-corrected chi connectivity index (χ4v) is 3.00. The van der Waals surface area contributed by atoms with E-state index in [2.05, 4.69) is 4.90 Å². The molecule has 2 aliphatic carbocycles. The van der Waals surface area contributed by atoms with Gasteiger partial charge < -0.3 is 0 Å². The number of rotatable bonds is 3. The van der Waals surface area contributed by atoms with Gasteiger partial charge in [-0.1, -0.05) is 6.42 Å². The lowest BCUT2D eigenvalue weighted by molar-refractivity contribution is -0.121. The number of carbonyl (C=O) groups excluding carboxylic acids is 1. The van der Waals surface area contributed by atoms with E-state index in [9.17, 15) is 4.79 Å². The van der Waals surface area contributed by atoms with Crippen molar-refractivity contribution in [3.05, 3.63) is 0 Å². The summed E-state index contributed by atoms with van der Waals surface area (Å²) in [5.74, 6) is 0.967. The summed E-state index contributed by atoms with van der Waals surface area (Å²) in [6.45, 7) is 3.15. The largest absolute Gasteiger partial charge is 0.298 e. The van der Waals surface area contributed by atoms with Crippen LogP contribution in [0.25, 0.3) is 0 Å². The monoisotopic (exact) mass is 193 g/mol. The van der Waals surface area contributed by atoms with Crippen LogP contribution in [0.1, 0.15) is 38.5 Å². The van der Waals surface area contributed by atoms with E-state index in [4.69, 9.17) is 0 Å². The first-order chi connectivity index (χ1) is 6.77. The van der Waals surface area contributed by atoms with Crippen molar-refractivity contribution >= 4 is 5.78 Å². The van der Waals surface area contributed by atoms with E-state index in [1.165, 1.54) is 38.8 Å². The van der Waals surface area contributed by atoms with Crippen LogP contribution < -0.4 is 0 Å². The van der Waals surface area contributed by atoms with Crippen molar-refractivity contribution < 1.29 is 4.79 Å². The summed E-state index contributed by atoms with van der Waals surface area (Å²) < 4.78 is 0. The van der Waals surface area contributed by atoms with Crippen LogP contribution in [0.2, 0.25) is 0 Å². The van der Waals surface area contributed by atoms with E-state index in [1.807, 2.05) is 0 Å². The van der Waals surface area contributed by atoms with Gasteiger partial charge in [-0.05, 0) is 44.1 Å². The maximum absolute atomic E-state index is 11.6. The summed E-state index contributed by atoms with van der Waals surface area (Å²) in [5.41, 5.74) is 0.657. The van der Waals surface area contributed by atoms with Gasteiger partial charge in [0, 0.05) is 12.5 Å². The predicted octanol–water partition coefficient (Wildman–Crippen LogP) is 1.84. The Morgan fingerprint density at radius 3 is 2.57 bits per heavy atom. The minimum Gasteiger partial charge on any atom is -0.298 e. The number of Topliss-reactive ketones (excluding diaryl/α,β-unsaturated/α-hetero) is 1. The van der Waals surface area contributed by atoms with Gasteiger partial charge in [-0.25, -0.2) is 0 Å². The van der Waals surface area contributed by atoms with Gasteiger partial charge in [0.2, 0.25) is 0 Å². The van der Waals surface area contributed by atoms with Crippen molar-refractivity contribution in [2.75, 3.05) is 19.6 Å². The zero-order valence-electron chi connectivity index (χ0n) is 8.80. The standard InChI is InChI=1S/C12H19NO/c14-11(10-2-3-10)8-13-7-6-12(9-13)4-1-5-12/h10H,1-9H2. The van der Waals surface area contributed by atoms with E-state index in [-0.39, 0.29) is 0 Å². The topological polar surface area (TPSA) is 20.3 Å². The molecule has 0 atom stereocenters. The molecule has 3 rings (SSSR count). The normalized spacial score (nSPS) is 30.6. The molecule has 14 heavy (non-hydrogen) atoms.